The topological polar surface area (TPSA) is 44.8 Å². The number of carbonyl (C=O) groups excluding carboxylic acids is 1. The van der Waals surface area contributed by atoms with E-state index in [1.807, 2.05) is 7.05 Å². The van der Waals surface area contributed by atoms with Crippen LogP contribution in [-0.2, 0) is 16.1 Å². The molecular formula is C22H35N3O2. The molecule has 1 amide bonds. The number of hydrogen-bond donors (Lipinski definition) is 1. The summed E-state index contributed by atoms with van der Waals surface area (Å²) in [6.45, 7) is 7.70. The van der Waals surface area contributed by atoms with Gasteiger partial charge in [-0.25, -0.2) is 0 Å². The van der Waals surface area contributed by atoms with Crippen LogP contribution in [0, 0.1) is 6.92 Å². The number of ether oxygens (including phenoxy) is 1. The van der Waals surface area contributed by atoms with Crippen LogP contribution in [0.3, 0.4) is 0 Å². The Morgan fingerprint density at radius 3 is 2.48 bits per heavy atom. The standard InChI is InChI=1S/C22H35N3O2/c1-19-6-8-20(9-7-19)16-24(2)17-21(26)23-18-22(10-4-3-5-11-22)25-12-14-27-15-13-25/h6-9H,3-5,10-18H2,1-2H3,(H,23,26). The second kappa shape index (κ2) is 9.67. The lowest BCUT2D eigenvalue weighted by Gasteiger charge is -2.48. The van der Waals surface area contributed by atoms with Gasteiger partial charge in [-0.05, 0) is 32.4 Å². The van der Waals surface area contributed by atoms with Crippen LogP contribution in [-0.4, -0.2) is 67.7 Å². The van der Waals surface area contributed by atoms with Gasteiger partial charge in [-0.2, -0.15) is 0 Å². The maximum Gasteiger partial charge on any atom is 0.234 e. The fraction of sp³-hybridized carbons (Fsp3) is 0.682. The van der Waals surface area contributed by atoms with Gasteiger partial charge in [0, 0.05) is 31.7 Å². The Morgan fingerprint density at radius 2 is 1.81 bits per heavy atom. The number of nitrogens with one attached hydrogen (secondary N) is 1. The SMILES string of the molecule is Cc1ccc(CN(C)CC(=O)NCC2(N3CCOCC3)CCCCC2)cc1. The van der Waals surface area contributed by atoms with Crippen molar-refractivity contribution in [1.82, 2.24) is 15.1 Å². The van der Waals surface area contributed by atoms with E-state index in [4.69, 9.17) is 4.74 Å². The van der Waals surface area contributed by atoms with Gasteiger partial charge in [0.25, 0.3) is 0 Å². The van der Waals surface area contributed by atoms with Crippen molar-refractivity contribution in [3.05, 3.63) is 35.4 Å². The molecule has 1 heterocycles. The van der Waals surface area contributed by atoms with E-state index in [9.17, 15) is 4.79 Å². The number of amides is 1. The van der Waals surface area contributed by atoms with E-state index in [0.29, 0.717) is 6.54 Å². The van der Waals surface area contributed by atoms with Crippen molar-refractivity contribution in [2.75, 3.05) is 46.4 Å². The molecule has 1 N–H and O–H groups in total. The summed E-state index contributed by atoms with van der Waals surface area (Å²) in [7, 11) is 2.01. The van der Waals surface area contributed by atoms with Crippen LogP contribution in [0.25, 0.3) is 0 Å². The van der Waals surface area contributed by atoms with Crippen molar-refractivity contribution < 1.29 is 9.53 Å². The predicted molar refractivity (Wildman–Crippen MR) is 109 cm³/mol. The molecule has 1 aromatic rings. The number of likely N-dealkylation sites (N-methyl/N-ethyl adjacent to an activating group) is 1. The smallest absolute Gasteiger partial charge is 0.234 e. The van der Waals surface area contributed by atoms with E-state index in [2.05, 4.69) is 46.3 Å². The molecule has 2 fully saturated rings. The molecule has 1 saturated carbocycles. The third-order valence-corrected chi connectivity index (χ3v) is 6.07. The number of benzene rings is 1. The summed E-state index contributed by atoms with van der Waals surface area (Å²) in [4.78, 5) is 17.2. The number of hydrogen-bond acceptors (Lipinski definition) is 4. The quantitative estimate of drug-likeness (QED) is 0.798. The number of rotatable bonds is 7. The van der Waals surface area contributed by atoms with Crippen molar-refractivity contribution in [3.8, 4) is 0 Å². The third-order valence-electron chi connectivity index (χ3n) is 6.07. The van der Waals surface area contributed by atoms with Crippen molar-refractivity contribution in [2.24, 2.45) is 0 Å². The number of nitrogens with zero attached hydrogens (tertiary/aromatic N) is 2. The summed E-state index contributed by atoms with van der Waals surface area (Å²) < 4.78 is 5.54. The predicted octanol–water partition coefficient (Wildman–Crippen LogP) is 2.58. The van der Waals surface area contributed by atoms with Crippen LogP contribution in [0.2, 0.25) is 0 Å². The molecule has 0 spiro atoms. The molecule has 0 atom stereocenters. The lowest BCUT2D eigenvalue weighted by molar-refractivity contribution is -0.123. The van der Waals surface area contributed by atoms with E-state index in [1.54, 1.807) is 0 Å². The molecule has 0 bridgehead atoms. The van der Waals surface area contributed by atoms with E-state index in [0.717, 1.165) is 39.4 Å². The first-order valence-electron chi connectivity index (χ1n) is 10.4. The highest BCUT2D eigenvalue weighted by Gasteiger charge is 2.38. The van der Waals surface area contributed by atoms with Crippen molar-refractivity contribution in [1.29, 1.82) is 0 Å². The van der Waals surface area contributed by atoms with Gasteiger partial charge >= 0.3 is 0 Å². The van der Waals surface area contributed by atoms with Gasteiger partial charge in [0.15, 0.2) is 0 Å². The first-order valence-corrected chi connectivity index (χ1v) is 10.4. The number of carbonyl (C=O) groups is 1. The first kappa shape index (κ1) is 20.3. The summed E-state index contributed by atoms with van der Waals surface area (Å²) >= 11 is 0. The van der Waals surface area contributed by atoms with E-state index >= 15 is 0 Å². The summed E-state index contributed by atoms with van der Waals surface area (Å²) in [6, 6.07) is 8.52. The zero-order valence-electron chi connectivity index (χ0n) is 17.0. The van der Waals surface area contributed by atoms with E-state index in [1.165, 1.54) is 43.2 Å². The Labute approximate surface area is 164 Å². The molecule has 0 unspecified atom stereocenters. The van der Waals surface area contributed by atoms with Gasteiger partial charge < -0.3 is 10.1 Å². The molecule has 27 heavy (non-hydrogen) atoms. The van der Waals surface area contributed by atoms with Crippen LogP contribution in [0.4, 0.5) is 0 Å². The molecule has 1 aliphatic heterocycles. The van der Waals surface area contributed by atoms with Gasteiger partial charge in [0.05, 0.1) is 19.8 Å². The van der Waals surface area contributed by atoms with Gasteiger partial charge in [0.1, 0.15) is 0 Å². The Morgan fingerprint density at radius 1 is 1.15 bits per heavy atom. The molecule has 5 nitrogen and oxygen atoms in total. The molecule has 0 radical (unpaired) electrons. The lowest BCUT2D eigenvalue weighted by Crippen LogP contribution is -2.60. The monoisotopic (exact) mass is 373 g/mol. The summed E-state index contributed by atoms with van der Waals surface area (Å²) in [5.41, 5.74) is 2.64. The van der Waals surface area contributed by atoms with Crippen molar-refractivity contribution >= 4 is 5.91 Å². The highest BCUT2D eigenvalue weighted by atomic mass is 16.5. The van der Waals surface area contributed by atoms with E-state index < -0.39 is 0 Å². The third kappa shape index (κ3) is 5.77. The van der Waals surface area contributed by atoms with E-state index in [-0.39, 0.29) is 11.4 Å². The summed E-state index contributed by atoms with van der Waals surface area (Å²) in [6.07, 6.45) is 6.22. The van der Waals surface area contributed by atoms with Crippen LogP contribution in [0.15, 0.2) is 24.3 Å². The van der Waals surface area contributed by atoms with Crippen LogP contribution < -0.4 is 5.32 Å². The number of aryl methyl sites for hydroxylation is 1. The van der Waals surface area contributed by atoms with Crippen LogP contribution in [0.5, 0.6) is 0 Å². The Hall–Kier alpha value is -1.43. The molecule has 5 heteroatoms. The van der Waals surface area contributed by atoms with Crippen LogP contribution >= 0.6 is 0 Å². The van der Waals surface area contributed by atoms with Crippen molar-refractivity contribution in [3.63, 3.8) is 0 Å². The summed E-state index contributed by atoms with van der Waals surface area (Å²) in [5.74, 6) is 0.128. The second-order valence-corrected chi connectivity index (χ2v) is 8.32. The molecule has 150 valence electrons. The van der Waals surface area contributed by atoms with Crippen molar-refractivity contribution in [2.45, 2.75) is 51.1 Å². The Kier molecular flexibility index (Phi) is 7.27. The molecule has 2 aliphatic rings. The average Bonchev–Trinajstić information content (AvgIpc) is 2.69. The number of morpholine rings is 1. The van der Waals surface area contributed by atoms with Gasteiger partial charge in [-0.1, -0.05) is 49.1 Å². The average molecular weight is 374 g/mol. The van der Waals surface area contributed by atoms with Gasteiger partial charge in [-0.3, -0.25) is 14.6 Å². The van der Waals surface area contributed by atoms with Gasteiger partial charge in [-0.15, -0.1) is 0 Å². The molecule has 1 saturated heterocycles. The molecule has 0 aromatic heterocycles. The fourth-order valence-electron chi connectivity index (χ4n) is 4.48. The minimum absolute atomic E-state index is 0.128. The minimum atomic E-state index is 0.128. The second-order valence-electron chi connectivity index (χ2n) is 8.32. The maximum absolute atomic E-state index is 12.6. The highest BCUT2D eigenvalue weighted by molar-refractivity contribution is 5.78. The Balaban J connectivity index is 1.50. The normalized spacial score (nSPS) is 20.6. The first-order chi connectivity index (χ1) is 13.1. The maximum atomic E-state index is 12.6. The molecule has 1 aliphatic carbocycles. The highest BCUT2D eigenvalue weighted by Crippen LogP contribution is 2.33. The van der Waals surface area contributed by atoms with Gasteiger partial charge in [0.2, 0.25) is 5.91 Å². The largest absolute Gasteiger partial charge is 0.379 e. The minimum Gasteiger partial charge on any atom is -0.379 e. The zero-order valence-corrected chi connectivity index (χ0v) is 17.0. The summed E-state index contributed by atoms with van der Waals surface area (Å²) in [5, 5.41) is 3.25. The molecular weight excluding hydrogens is 338 g/mol. The van der Waals surface area contributed by atoms with Crippen LogP contribution in [0.1, 0.15) is 43.2 Å². The Bertz CT molecular complexity index is 590. The molecule has 3 rings (SSSR count). The molecule has 1 aromatic carbocycles. The fourth-order valence-corrected chi connectivity index (χ4v) is 4.48. The zero-order chi connectivity index (χ0) is 19.1. The lowest BCUT2D eigenvalue weighted by atomic mass is 9.79.